The number of carbonyl (C=O) groups excluding carboxylic acids is 1. The van der Waals surface area contributed by atoms with E-state index in [1.807, 2.05) is 20.4 Å². The normalized spacial score (nSPS) is 12.5. The summed E-state index contributed by atoms with van der Waals surface area (Å²) in [7, 11) is 4.07. The number of esters is 1. The lowest BCUT2D eigenvalue weighted by Crippen LogP contribution is -2.31. The van der Waals surface area contributed by atoms with Crippen molar-refractivity contribution in [2.24, 2.45) is 0 Å². The lowest BCUT2D eigenvalue weighted by atomic mass is 10.3. The lowest BCUT2D eigenvalue weighted by molar-refractivity contribution is 0.0533. The van der Waals surface area contributed by atoms with Crippen LogP contribution >= 0.6 is 23.1 Å². The van der Waals surface area contributed by atoms with Crippen LogP contribution in [0.25, 0.3) is 0 Å². The van der Waals surface area contributed by atoms with Crippen molar-refractivity contribution in [3.05, 3.63) is 4.88 Å². The van der Waals surface area contributed by atoms with Gasteiger partial charge in [-0.1, -0.05) is 0 Å². The highest BCUT2D eigenvalue weighted by Crippen LogP contribution is 2.41. The van der Waals surface area contributed by atoms with Crippen molar-refractivity contribution in [1.29, 1.82) is 0 Å². The largest absolute Gasteiger partial charge is 0.462 e. The summed E-state index contributed by atoms with van der Waals surface area (Å²) < 4.78 is 5.03. The van der Waals surface area contributed by atoms with Crippen molar-refractivity contribution in [3.63, 3.8) is 0 Å². The minimum Gasteiger partial charge on any atom is -0.462 e. The summed E-state index contributed by atoms with van der Waals surface area (Å²) in [6, 6.07) is 0.388. The average molecular weight is 317 g/mol. The van der Waals surface area contributed by atoms with Gasteiger partial charge in [-0.25, -0.2) is 4.79 Å². The number of anilines is 2. The molecule has 0 aliphatic heterocycles. The topological polar surface area (TPSA) is 67.6 Å². The summed E-state index contributed by atoms with van der Waals surface area (Å²) >= 11 is 2.90. The highest BCUT2D eigenvalue weighted by molar-refractivity contribution is 7.99. The summed E-state index contributed by atoms with van der Waals surface area (Å²) in [6.07, 6.45) is 1.95. The molecule has 20 heavy (non-hydrogen) atoms. The van der Waals surface area contributed by atoms with Crippen LogP contribution in [0.15, 0.2) is 4.90 Å². The molecule has 1 aromatic heterocycles. The maximum Gasteiger partial charge on any atom is 0.350 e. The standard InChI is InChI=1S/C13H23N3O2S2/c1-6-18-13(17)11-9(14)10(19-5)12(20-11)15-7-8(2)16(3)4/h8,15H,6-7,14H2,1-5H3. The predicted molar refractivity (Wildman–Crippen MR) is 88.1 cm³/mol. The third kappa shape index (κ3) is 4.04. The van der Waals surface area contributed by atoms with E-state index >= 15 is 0 Å². The van der Waals surface area contributed by atoms with Crippen LogP contribution < -0.4 is 11.1 Å². The summed E-state index contributed by atoms with van der Waals surface area (Å²) in [6.45, 7) is 5.07. The van der Waals surface area contributed by atoms with E-state index in [0.717, 1.165) is 16.4 Å². The molecule has 0 aliphatic rings. The fraction of sp³-hybridized carbons (Fsp3) is 0.615. The first-order valence-corrected chi connectivity index (χ1v) is 8.50. The quantitative estimate of drug-likeness (QED) is 0.595. The zero-order valence-corrected chi connectivity index (χ0v) is 14.3. The Morgan fingerprint density at radius 2 is 2.20 bits per heavy atom. The number of hydrogen-bond donors (Lipinski definition) is 2. The van der Waals surface area contributed by atoms with Crippen molar-refractivity contribution in [2.45, 2.75) is 24.8 Å². The van der Waals surface area contributed by atoms with Crippen LogP contribution in [0.3, 0.4) is 0 Å². The maximum absolute atomic E-state index is 11.9. The van der Waals surface area contributed by atoms with Gasteiger partial charge < -0.3 is 20.7 Å². The number of nitrogens with one attached hydrogen (secondary N) is 1. The van der Waals surface area contributed by atoms with E-state index in [1.54, 1.807) is 6.92 Å². The minimum atomic E-state index is -0.348. The SMILES string of the molecule is CCOC(=O)c1sc(NCC(C)N(C)C)c(SC)c1N. The molecular formula is C13H23N3O2S2. The van der Waals surface area contributed by atoms with Crippen LogP contribution in [0.2, 0.25) is 0 Å². The van der Waals surface area contributed by atoms with Crippen LogP contribution in [0.5, 0.6) is 0 Å². The number of nitrogens with zero attached hydrogens (tertiary/aromatic N) is 1. The number of thiophene rings is 1. The van der Waals surface area contributed by atoms with Crippen LogP contribution in [-0.4, -0.2) is 50.4 Å². The van der Waals surface area contributed by atoms with Gasteiger partial charge in [0.2, 0.25) is 0 Å². The van der Waals surface area contributed by atoms with Gasteiger partial charge in [0, 0.05) is 12.6 Å². The van der Waals surface area contributed by atoms with Gasteiger partial charge >= 0.3 is 5.97 Å². The fourth-order valence-electron chi connectivity index (χ4n) is 1.52. The molecule has 0 spiro atoms. The summed E-state index contributed by atoms with van der Waals surface area (Å²) in [5.74, 6) is -0.348. The highest BCUT2D eigenvalue weighted by atomic mass is 32.2. The third-order valence-electron chi connectivity index (χ3n) is 3.00. The highest BCUT2D eigenvalue weighted by Gasteiger charge is 2.21. The smallest absolute Gasteiger partial charge is 0.350 e. The lowest BCUT2D eigenvalue weighted by Gasteiger charge is -2.20. The number of nitrogen functional groups attached to an aromatic ring is 1. The molecule has 1 aromatic rings. The molecule has 0 aliphatic carbocycles. The number of nitrogens with two attached hydrogens (primary N) is 1. The first kappa shape index (κ1) is 17.1. The van der Waals surface area contributed by atoms with Gasteiger partial charge in [-0.3, -0.25) is 0 Å². The minimum absolute atomic E-state index is 0.348. The zero-order chi connectivity index (χ0) is 15.3. The molecule has 0 saturated carbocycles. The van der Waals surface area contributed by atoms with Crippen molar-refractivity contribution in [2.75, 3.05) is 44.6 Å². The van der Waals surface area contributed by atoms with Gasteiger partial charge in [0.15, 0.2) is 0 Å². The van der Waals surface area contributed by atoms with E-state index in [4.69, 9.17) is 10.5 Å². The molecule has 1 atom stereocenters. The molecule has 7 heteroatoms. The number of rotatable bonds is 7. The second-order valence-corrected chi connectivity index (χ2v) is 6.46. The Labute approximate surface area is 128 Å². The molecule has 114 valence electrons. The first-order valence-electron chi connectivity index (χ1n) is 6.46. The van der Waals surface area contributed by atoms with Gasteiger partial charge in [-0.15, -0.1) is 23.1 Å². The fourth-order valence-corrected chi connectivity index (χ4v) is 3.45. The van der Waals surface area contributed by atoms with Crippen LogP contribution in [0.4, 0.5) is 10.7 Å². The van der Waals surface area contributed by atoms with Crippen molar-refractivity contribution in [1.82, 2.24) is 4.90 Å². The average Bonchev–Trinajstić information content (AvgIpc) is 2.72. The van der Waals surface area contributed by atoms with Gasteiger partial charge in [-0.05, 0) is 34.2 Å². The molecule has 0 radical (unpaired) electrons. The first-order chi connectivity index (χ1) is 9.42. The molecule has 0 saturated heterocycles. The van der Waals surface area contributed by atoms with Crippen molar-refractivity contribution < 1.29 is 9.53 Å². The molecule has 1 unspecified atom stereocenters. The van der Waals surface area contributed by atoms with E-state index < -0.39 is 0 Å². The Kier molecular flexibility index (Phi) is 6.64. The molecule has 0 amide bonds. The number of ether oxygens (including phenoxy) is 1. The Morgan fingerprint density at radius 3 is 2.70 bits per heavy atom. The molecule has 0 aromatic carbocycles. The van der Waals surface area contributed by atoms with Gasteiger partial charge in [0.05, 0.1) is 17.2 Å². The predicted octanol–water partition coefficient (Wildman–Crippen LogP) is 2.59. The summed E-state index contributed by atoms with van der Waals surface area (Å²) in [5, 5.41) is 4.31. The van der Waals surface area contributed by atoms with Crippen molar-refractivity contribution in [3.8, 4) is 0 Å². The van der Waals surface area contributed by atoms with Gasteiger partial charge in [0.1, 0.15) is 9.88 Å². The van der Waals surface area contributed by atoms with Crippen LogP contribution in [-0.2, 0) is 4.74 Å². The van der Waals surface area contributed by atoms with Gasteiger partial charge in [0.25, 0.3) is 0 Å². The molecule has 3 N–H and O–H groups in total. The maximum atomic E-state index is 11.9. The molecular weight excluding hydrogens is 294 g/mol. The molecule has 1 heterocycles. The van der Waals surface area contributed by atoms with E-state index in [1.165, 1.54) is 23.1 Å². The molecule has 0 fully saturated rings. The second-order valence-electron chi connectivity index (χ2n) is 4.62. The van der Waals surface area contributed by atoms with Gasteiger partial charge in [-0.2, -0.15) is 0 Å². The Morgan fingerprint density at radius 1 is 1.55 bits per heavy atom. The van der Waals surface area contributed by atoms with Crippen LogP contribution in [0.1, 0.15) is 23.5 Å². The van der Waals surface area contributed by atoms with Crippen molar-refractivity contribution >= 4 is 39.8 Å². The van der Waals surface area contributed by atoms with E-state index in [0.29, 0.717) is 23.2 Å². The zero-order valence-electron chi connectivity index (χ0n) is 12.6. The second kappa shape index (κ2) is 7.75. The summed E-state index contributed by atoms with van der Waals surface area (Å²) in [4.78, 5) is 15.4. The Balaban J connectivity index is 2.91. The molecule has 5 nitrogen and oxygen atoms in total. The monoisotopic (exact) mass is 317 g/mol. The van der Waals surface area contributed by atoms with E-state index in [2.05, 4.69) is 17.1 Å². The Hall–Kier alpha value is -0.920. The number of thioether (sulfide) groups is 1. The number of hydrogen-bond acceptors (Lipinski definition) is 7. The Bertz CT molecular complexity index is 461. The van der Waals surface area contributed by atoms with Crippen LogP contribution in [0, 0.1) is 0 Å². The molecule has 1 rings (SSSR count). The molecule has 0 bridgehead atoms. The third-order valence-corrected chi connectivity index (χ3v) is 5.11. The number of likely N-dealkylation sites (N-methyl/N-ethyl adjacent to an activating group) is 1. The van der Waals surface area contributed by atoms with E-state index in [9.17, 15) is 4.79 Å². The summed E-state index contributed by atoms with van der Waals surface area (Å²) in [5.41, 5.74) is 6.57. The van der Waals surface area contributed by atoms with E-state index in [-0.39, 0.29) is 5.97 Å². The number of carbonyl (C=O) groups is 1.